The fraction of sp³-hybridized carbons (Fsp3) is 0.533. The first-order valence-electron chi connectivity index (χ1n) is 6.79. The van der Waals surface area contributed by atoms with E-state index in [0.717, 1.165) is 12.0 Å². The van der Waals surface area contributed by atoms with E-state index >= 15 is 0 Å². The number of phenolic OH excluding ortho intramolecular Hbond substituents is 1. The Morgan fingerprint density at radius 3 is 2.83 bits per heavy atom. The molecule has 3 nitrogen and oxygen atoms in total. The minimum Gasteiger partial charge on any atom is -0.508 e. The summed E-state index contributed by atoms with van der Waals surface area (Å²) in [6.07, 6.45) is 4.84. The third-order valence-corrected chi connectivity index (χ3v) is 4.39. The maximum absolute atomic E-state index is 12.4. The molecule has 2 aliphatic rings. The summed E-state index contributed by atoms with van der Waals surface area (Å²) in [6.45, 7) is 2.96. The van der Waals surface area contributed by atoms with Gasteiger partial charge in [0.25, 0.3) is 5.91 Å². The molecular formula is C15H19NO2. The number of nitrogens with zero attached hydrogens (tertiary/aromatic N) is 1. The molecule has 1 aliphatic carbocycles. The third kappa shape index (κ3) is 1.78. The molecule has 1 heterocycles. The van der Waals surface area contributed by atoms with E-state index in [4.69, 9.17) is 0 Å². The molecule has 1 aliphatic heterocycles. The second-order valence-corrected chi connectivity index (χ2v) is 5.60. The highest BCUT2D eigenvalue weighted by Crippen LogP contribution is 2.34. The van der Waals surface area contributed by atoms with Crippen LogP contribution in [0.3, 0.4) is 0 Å². The van der Waals surface area contributed by atoms with E-state index < -0.39 is 0 Å². The zero-order chi connectivity index (χ0) is 12.7. The van der Waals surface area contributed by atoms with Crippen molar-refractivity contribution in [1.82, 2.24) is 4.90 Å². The monoisotopic (exact) mass is 245 g/mol. The van der Waals surface area contributed by atoms with Crippen molar-refractivity contribution in [1.29, 1.82) is 0 Å². The topological polar surface area (TPSA) is 40.5 Å². The number of carbonyl (C=O) groups excluding carboxylic acids is 1. The number of phenols is 1. The maximum atomic E-state index is 12.4. The Bertz CT molecular complexity index is 483. The smallest absolute Gasteiger partial charge is 0.254 e. The highest BCUT2D eigenvalue weighted by Gasteiger charge is 2.36. The lowest BCUT2D eigenvalue weighted by atomic mass is 9.85. The summed E-state index contributed by atoms with van der Waals surface area (Å²) in [7, 11) is 0. The van der Waals surface area contributed by atoms with Crippen molar-refractivity contribution in [2.75, 3.05) is 0 Å². The molecule has 1 saturated carbocycles. The van der Waals surface area contributed by atoms with Crippen molar-refractivity contribution in [3.05, 3.63) is 29.3 Å². The summed E-state index contributed by atoms with van der Waals surface area (Å²) in [6, 6.07) is 5.52. The second-order valence-electron chi connectivity index (χ2n) is 5.60. The Morgan fingerprint density at radius 2 is 2.06 bits per heavy atom. The van der Waals surface area contributed by atoms with Crippen LogP contribution in [0.1, 0.15) is 48.5 Å². The van der Waals surface area contributed by atoms with Crippen LogP contribution in [0, 0.1) is 5.92 Å². The minimum atomic E-state index is 0.0969. The summed E-state index contributed by atoms with van der Waals surface area (Å²) in [4.78, 5) is 14.4. The first-order chi connectivity index (χ1) is 8.66. The average Bonchev–Trinajstić information content (AvgIpc) is 2.68. The van der Waals surface area contributed by atoms with Crippen LogP contribution >= 0.6 is 0 Å². The van der Waals surface area contributed by atoms with Crippen LogP contribution in [0.2, 0.25) is 0 Å². The lowest BCUT2D eigenvalue weighted by Gasteiger charge is -2.36. The molecule has 0 saturated heterocycles. The van der Waals surface area contributed by atoms with E-state index in [1.807, 2.05) is 11.0 Å². The summed E-state index contributed by atoms with van der Waals surface area (Å²) >= 11 is 0. The second kappa shape index (κ2) is 4.30. The van der Waals surface area contributed by atoms with Gasteiger partial charge in [0.15, 0.2) is 0 Å². The van der Waals surface area contributed by atoms with Gasteiger partial charge in [0.2, 0.25) is 0 Å². The van der Waals surface area contributed by atoms with Gasteiger partial charge in [0.05, 0.1) is 0 Å². The number of carbonyl (C=O) groups is 1. The molecule has 1 amide bonds. The molecule has 3 heteroatoms. The predicted octanol–water partition coefficient (Wildman–Crippen LogP) is 2.93. The van der Waals surface area contributed by atoms with E-state index in [0.29, 0.717) is 24.1 Å². The minimum absolute atomic E-state index is 0.0969. The van der Waals surface area contributed by atoms with Crippen LogP contribution in [0.15, 0.2) is 18.2 Å². The SMILES string of the molecule is CC1CCCCC1N1Cc2ccc(O)cc2C1=O. The number of rotatable bonds is 1. The molecule has 2 atom stereocenters. The van der Waals surface area contributed by atoms with E-state index in [2.05, 4.69) is 6.92 Å². The Labute approximate surface area is 107 Å². The molecule has 1 N–H and O–H groups in total. The zero-order valence-corrected chi connectivity index (χ0v) is 10.7. The molecule has 1 fully saturated rings. The zero-order valence-electron chi connectivity index (χ0n) is 10.7. The predicted molar refractivity (Wildman–Crippen MR) is 69.4 cm³/mol. The first kappa shape index (κ1) is 11.6. The molecule has 96 valence electrons. The standard InChI is InChI=1S/C15H19NO2/c1-10-4-2-3-5-14(10)16-9-11-6-7-12(17)8-13(11)15(16)18/h6-8,10,14,17H,2-5,9H2,1H3. The number of amides is 1. The largest absolute Gasteiger partial charge is 0.508 e. The Kier molecular flexibility index (Phi) is 2.77. The Hall–Kier alpha value is -1.51. The van der Waals surface area contributed by atoms with Crippen LogP contribution in [-0.2, 0) is 6.54 Å². The molecule has 0 bridgehead atoms. The number of benzene rings is 1. The highest BCUT2D eigenvalue weighted by atomic mass is 16.3. The van der Waals surface area contributed by atoms with Gasteiger partial charge >= 0.3 is 0 Å². The fourth-order valence-corrected chi connectivity index (χ4v) is 3.34. The molecule has 0 spiro atoms. The first-order valence-corrected chi connectivity index (χ1v) is 6.79. The lowest BCUT2D eigenvalue weighted by Crippen LogP contribution is -2.41. The van der Waals surface area contributed by atoms with Gasteiger partial charge in [-0.25, -0.2) is 0 Å². The normalized spacial score (nSPS) is 27.4. The number of hydrogen-bond acceptors (Lipinski definition) is 2. The molecule has 18 heavy (non-hydrogen) atoms. The van der Waals surface area contributed by atoms with Gasteiger partial charge in [-0.05, 0) is 36.5 Å². The van der Waals surface area contributed by atoms with E-state index in [-0.39, 0.29) is 11.7 Å². The van der Waals surface area contributed by atoms with Crippen molar-refractivity contribution in [2.24, 2.45) is 5.92 Å². The molecule has 0 radical (unpaired) electrons. The van der Waals surface area contributed by atoms with Crippen LogP contribution in [0.25, 0.3) is 0 Å². The van der Waals surface area contributed by atoms with Crippen LogP contribution in [0.5, 0.6) is 5.75 Å². The Balaban J connectivity index is 1.87. The number of aromatic hydroxyl groups is 1. The van der Waals surface area contributed by atoms with Crippen molar-refractivity contribution in [3.63, 3.8) is 0 Å². The van der Waals surface area contributed by atoms with Gasteiger partial charge in [-0.15, -0.1) is 0 Å². The fourth-order valence-electron chi connectivity index (χ4n) is 3.34. The van der Waals surface area contributed by atoms with E-state index in [1.165, 1.54) is 19.3 Å². The maximum Gasteiger partial charge on any atom is 0.254 e. The van der Waals surface area contributed by atoms with Gasteiger partial charge in [-0.3, -0.25) is 4.79 Å². The molecule has 0 aromatic heterocycles. The summed E-state index contributed by atoms with van der Waals surface area (Å²) in [5.74, 6) is 0.867. The summed E-state index contributed by atoms with van der Waals surface area (Å²) < 4.78 is 0. The van der Waals surface area contributed by atoms with Gasteiger partial charge in [-0.2, -0.15) is 0 Å². The Morgan fingerprint density at radius 1 is 1.28 bits per heavy atom. The summed E-state index contributed by atoms with van der Waals surface area (Å²) in [5.41, 5.74) is 1.74. The van der Waals surface area contributed by atoms with Crippen molar-refractivity contribution >= 4 is 5.91 Å². The molecular weight excluding hydrogens is 226 g/mol. The number of fused-ring (bicyclic) bond motifs is 1. The van der Waals surface area contributed by atoms with Gasteiger partial charge in [0.1, 0.15) is 5.75 Å². The molecule has 3 rings (SSSR count). The van der Waals surface area contributed by atoms with Crippen molar-refractivity contribution in [2.45, 2.75) is 45.2 Å². The third-order valence-electron chi connectivity index (χ3n) is 4.39. The molecule has 1 aromatic rings. The van der Waals surface area contributed by atoms with Gasteiger partial charge < -0.3 is 10.0 Å². The van der Waals surface area contributed by atoms with E-state index in [1.54, 1.807) is 12.1 Å². The quantitative estimate of drug-likeness (QED) is 0.826. The average molecular weight is 245 g/mol. The van der Waals surface area contributed by atoms with Gasteiger partial charge in [0, 0.05) is 18.2 Å². The highest BCUT2D eigenvalue weighted by molar-refractivity contribution is 5.98. The summed E-state index contributed by atoms with van der Waals surface area (Å²) in [5, 5.41) is 9.49. The van der Waals surface area contributed by atoms with Crippen molar-refractivity contribution < 1.29 is 9.90 Å². The number of hydrogen-bond donors (Lipinski definition) is 1. The van der Waals surface area contributed by atoms with Crippen LogP contribution in [0.4, 0.5) is 0 Å². The van der Waals surface area contributed by atoms with Crippen molar-refractivity contribution in [3.8, 4) is 5.75 Å². The molecule has 1 aromatic carbocycles. The van der Waals surface area contributed by atoms with Crippen LogP contribution in [-0.4, -0.2) is 22.0 Å². The van der Waals surface area contributed by atoms with E-state index in [9.17, 15) is 9.90 Å². The van der Waals surface area contributed by atoms with Gasteiger partial charge in [-0.1, -0.05) is 25.8 Å². The lowest BCUT2D eigenvalue weighted by molar-refractivity contribution is 0.0579. The molecule has 2 unspecified atom stereocenters. The van der Waals surface area contributed by atoms with Crippen LogP contribution < -0.4 is 0 Å².